The molecule has 1 aromatic carbocycles. The minimum atomic E-state index is -0.826. The molecule has 0 aliphatic carbocycles. The molecule has 1 heterocycles. The van der Waals surface area contributed by atoms with Gasteiger partial charge in [0.1, 0.15) is 0 Å². The first-order valence-corrected chi connectivity index (χ1v) is 6.84. The van der Waals surface area contributed by atoms with Gasteiger partial charge in [0.2, 0.25) is 0 Å². The highest BCUT2D eigenvalue weighted by Gasteiger charge is 2.22. The Balaban J connectivity index is 1.92. The molecule has 1 fully saturated rings. The van der Waals surface area contributed by atoms with Crippen LogP contribution in [-0.2, 0) is 4.79 Å². The summed E-state index contributed by atoms with van der Waals surface area (Å²) < 4.78 is 0.940. The summed E-state index contributed by atoms with van der Waals surface area (Å²) in [5.74, 6) is -0.824. The predicted molar refractivity (Wildman–Crippen MR) is 74.1 cm³/mol. The summed E-state index contributed by atoms with van der Waals surface area (Å²) in [6.07, 6.45) is 0. The second-order valence-electron chi connectivity index (χ2n) is 4.47. The van der Waals surface area contributed by atoms with E-state index in [9.17, 15) is 9.59 Å². The largest absolute Gasteiger partial charge is 0.480 e. The summed E-state index contributed by atoms with van der Waals surface area (Å²) >= 11 is 3.33. The maximum atomic E-state index is 12.2. The topological polar surface area (TPSA) is 60.9 Å². The highest BCUT2D eigenvalue weighted by Crippen LogP contribution is 2.13. The van der Waals surface area contributed by atoms with E-state index in [0.29, 0.717) is 31.7 Å². The van der Waals surface area contributed by atoms with Crippen molar-refractivity contribution in [2.45, 2.75) is 0 Å². The first-order chi connectivity index (χ1) is 9.06. The summed E-state index contributed by atoms with van der Waals surface area (Å²) in [5, 5.41) is 8.72. The highest BCUT2D eigenvalue weighted by molar-refractivity contribution is 9.10. The maximum absolute atomic E-state index is 12.2. The van der Waals surface area contributed by atoms with Crippen LogP contribution in [0.15, 0.2) is 28.7 Å². The molecular weight excluding hydrogens is 312 g/mol. The van der Waals surface area contributed by atoms with E-state index in [1.165, 1.54) is 0 Å². The number of nitrogens with zero attached hydrogens (tertiary/aromatic N) is 2. The molecule has 5 nitrogen and oxygen atoms in total. The monoisotopic (exact) mass is 326 g/mol. The molecule has 0 bridgehead atoms. The van der Waals surface area contributed by atoms with Gasteiger partial charge in [0.25, 0.3) is 5.91 Å². The lowest BCUT2D eigenvalue weighted by Crippen LogP contribution is -2.49. The van der Waals surface area contributed by atoms with Gasteiger partial charge in [0.15, 0.2) is 0 Å². The Bertz CT molecular complexity index is 467. The van der Waals surface area contributed by atoms with Crippen LogP contribution in [0.25, 0.3) is 0 Å². The minimum absolute atomic E-state index is 0.00229. The Morgan fingerprint density at radius 2 is 1.68 bits per heavy atom. The van der Waals surface area contributed by atoms with E-state index in [0.717, 1.165) is 4.47 Å². The molecule has 0 aromatic heterocycles. The summed E-state index contributed by atoms with van der Waals surface area (Å²) in [4.78, 5) is 26.4. The zero-order valence-corrected chi connectivity index (χ0v) is 12.0. The molecular formula is C13H15BrN2O3. The number of benzene rings is 1. The van der Waals surface area contributed by atoms with E-state index in [4.69, 9.17) is 5.11 Å². The molecule has 0 atom stereocenters. The van der Waals surface area contributed by atoms with Gasteiger partial charge >= 0.3 is 5.97 Å². The van der Waals surface area contributed by atoms with E-state index in [1.807, 2.05) is 17.0 Å². The number of hydrogen-bond acceptors (Lipinski definition) is 3. The van der Waals surface area contributed by atoms with Crippen molar-refractivity contribution in [2.24, 2.45) is 0 Å². The van der Waals surface area contributed by atoms with Crippen LogP contribution in [0.1, 0.15) is 10.4 Å². The van der Waals surface area contributed by atoms with Crippen molar-refractivity contribution in [3.05, 3.63) is 34.3 Å². The van der Waals surface area contributed by atoms with Crippen molar-refractivity contribution < 1.29 is 14.7 Å². The number of carboxylic acid groups (broad SMARTS) is 1. The quantitative estimate of drug-likeness (QED) is 0.909. The third-order valence-electron chi connectivity index (χ3n) is 3.11. The fourth-order valence-electron chi connectivity index (χ4n) is 2.08. The average molecular weight is 327 g/mol. The van der Waals surface area contributed by atoms with Crippen LogP contribution in [0.2, 0.25) is 0 Å². The Kier molecular flexibility index (Phi) is 4.55. The normalized spacial score (nSPS) is 16.4. The fraction of sp³-hybridized carbons (Fsp3) is 0.385. The van der Waals surface area contributed by atoms with Crippen molar-refractivity contribution in [3.8, 4) is 0 Å². The maximum Gasteiger partial charge on any atom is 0.317 e. The predicted octanol–water partition coefficient (Wildman–Crippen LogP) is 1.29. The first kappa shape index (κ1) is 14.0. The number of carbonyl (C=O) groups is 2. The number of piperazine rings is 1. The molecule has 1 N–H and O–H groups in total. The van der Waals surface area contributed by atoms with Crippen LogP contribution in [0, 0.1) is 0 Å². The van der Waals surface area contributed by atoms with Crippen LogP contribution in [0.3, 0.4) is 0 Å². The van der Waals surface area contributed by atoms with Gasteiger partial charge in [-0.1, -0.05) is 15.9 Å². The van der Waals surface area contributed by atoms with Gasteiger partial charge in [-0.15, -0.1) is 0 Å². The molecule has 0 radical (unpaired) electrons. The Hall–Kier alpha value is -1.40. The number of aliphatic carboxylic acids is 1. The van der Waals surface area contributed by atoms with Gasteiger partial charge in [0, 0.05) is 36.2 Å². The Morgan fingerprint density at radius 1 is 1.11 bits per heavy atom. The summed E-state index contributed by atoms with van der Waals surface area (Å²) in [6, 6.07) is 7.26. The van der Waals surface area contributed by atoms with Crippen LogP contribution in [-0.4, -0.2) is 59.5 Å². The number of hydrogen-bond donors (Lipinski definition) is 1. The van der Waals surface area contributed by atoms with E-state index >= 15 is 0 Å². The van der Waals surface area contributed by atoms with E-state index in [-0.39, 0.29) is 12.5 Å². The molecule has 19 heavy (non-hydrogen) atoms. The Labute approximate surface area is 119 Å². The van der Waals surface area contributed by atoms with Gasteiger partial charge in [0.05, 0.1) is 6.54 Å². The van der Waals surface area contributed by atoms with Crippen molar-refractivity contribution in [3.63, 3.8) is 0 Å². The number of carbonyl (C=O) groups excluding carboxylic acids is 1. The summed E-state index contributed by atoms with van der Waals surface area (Å²) in [5.41, 5.74) is 0.662. The first-order valence-electron chi connectivity index (χ1n) is 6.05. The minimum Gasteiger partial charge on any atom is -0.480 e. The van der Waals surface area contributed by atoms with Crippen molar-refractivity contribution >= 4 is 27.8 Å². The second kappa shape index (κ2) is 6.16. The molecule has 0 unspecified atom stereocenters. The number of rotatable bonds is 3. The van der Waals surface area contributed by atoms with E-state index < -0.39 is 5.97 Å². The fourth-order valence-corrected chi connectivity index (χ4v) is 2.34. The Morgan fingerprint density at radius 3 is 2.21 bits per heavy atom. The average Bonchev–Trinajstić information content (AvgIpc) is 2.39. The van der Waals surface area contributed by atoms with Crippen LogP contribution >= 0.6 is 15.9 Å². The zero-order valence-electron chi connectivity index (χ0n) is 10.4. The van der Waals surface area contributed by atoms with Crippen molar-refractivity contribution in [1.82, 2.24) is 9.80 Å². The SMILES string of the molecule is O=C(O)CN1CCN(C(=O)c2ccc(Br)cc2)CC1. The lowest BCUT2D eigenvalue weighted by Gasteiger charge is -2.33. The lowest BCUT2D eigenvalue weighted by molar-refractivity contribution is -0.138. The number of carboxylic acids is 1. The molecule has 1 saturated heterocycles. The molecule has 1 aliphatic heterocycles. The standard InChI is InChI=1S/C13H15BrN2O3/c14-11-3-1-10(2-4-11)13(19)16-7-5-15(6-8-16)9-12(17)18/h1-4H,5-9H2,(H,17,18). The van der Waals surface area contributed by atoms with Gasteiger partial charge in [-0.25, -0.2) is 0 Å². The van der Waals surface area contributed by atoms with Gasteiger partial charge in [-0.2, -0.15) is 0 Å². The van der Waals surface area contributed by atoms with E-state index in [2.05, 4.69) is 15.9 Å². The van der Waals surface area contributed by atoms with Gasteiger partial charge in [-0.05, 0) is 24.3 Å². The summed E-state index contributed by atoms with van der Waals surface area (Å²) in [6.45, 7) is 2.40. The van der Waals surface area contributed by atoms with E-state index in [1.54, 1.807) is 17.0 Å². The van der Waals surface area contributed by atoms with Crippen molar-refractivity contribution in [1.29, 1.82) is 0 Å². The smallest absolute Gasteiger partial charge is 0.317 e. The third-order valence-corrected chi connectivity index (χ3v) is 3.64. The van der Waals surface area contributed by atoms with Gasteiger partial charge in [-0.3, -0.25) is 14.5 Å². The van der Waals surface area contributed by atoms with Crippen molar-refractivity contribution in [2.75, 3.05) is 32.7 Å². The molecule has 1 aromatic rings. The third kappa shape index (κ3) is 3.78. The van der Waals surface area contributed by atoms with Crippen LogP contribution < -0.4 is 0 Å². The molecule has 2 rings (SSSR count). The molecule has 6 heteroatoms. The molecule has 1 aliphatic rings. The highest BCUT2D eigenvalue weighted by atomic mass is 79.9. The van der Waals surface area contributed by atoms with Gasteiger partial charge < -0.3 is 10.0 Å². The lowest BCUT2D eigenvalue weighted by atomic mass is 10.2. The number of halogens is 1. The summed E-state index contributed by atoms with van der Waals surface area (Å²) in [7, 11) is 0. The molecule has 1 amide bonds. The van der Waals surface area contributed by atoms with Crippen LogP contribution in [0.5, 0.6) is 0 Å². The zero-order chi connectivity index (χ0) is 13.8. The number of amides is 1. The molecule has 0 saturated carbocycles. The molecule has 0 spiro atoms. The molecule has 102 valence electrons. The van der Waals surface area contributed by atoms with Crippen LogP contribution in [0.4, 0.5) is 0 Å². The second-order valence-corrected chi connectivity index (χ2v) is 5.38.